The van der Waals surface area contributed by atoms with E-state index < -0.39 is 0 Å². The molecule has 1 aliphatic rings. The van der Waals surface area contributed by atoms with Gasteiger partial charge in [-0.05, 0) is 25.5 Å². The molecule has 0 radical (unpaired) electrons. The molecule has 25 heavy (non-hydrogen) atoms. The Kier molecular flexibility index (Phi) is 5.36. The Morgan fingerprint density at radius 3 is 3.00 bits per heavy atom. The molecule has 6 nitrogen and oxygen atoms in total. The summed E-state index contributed by atoms with van der Waals surface area (Å²) in [5.74, 6) is 0.693. The second kappa shape index (κ2) is 7.68. The molecule has 1 saturated heterocycles. The van der Waals surface area contributed by atoms with E-state index in [1.807, 2.05) is 29.2 Å². The van der Waals surface area contributed by atoms with Crippen molar-refractivity contribution in [3.63, 3.8) is 0 Å². The van der Waals surface area contributed by atoms with Crippen molar-refractivity contribution in [2.45, 2.75) is 45.6 Å². The van der Waals surface area contributed by atoms with Crippen LogP contribution in [0.4, 0.5) is 0 Å². The number of H-pyrrole nitrogens is 1. The van der Waals surface area contributed by atoms with Gasteiger partial charge in [-0.25, -0.2) is 4.98 Å². The molecule has 0 aliphatic carbocycles. The van der Waals surface area contributed by atoms with E-state index in [9.17, 15) is 9.59 Å². The highest BCUT2D eigenvalue weighted by molar-refractivity contribution is 5.89. The lowest BCUT2D eigenvalue weighted by molar-refractivity contribution is -0.130. The highest BCUT2D eigenvalue weighted by Gasteiger charge is 2.36. The normalized spacial score (nSPS) is 18.7. The van der Waals surface area contributed by atoms with Crippen molar-refractivity contribution < 1.29 is 9.59 Å². The maximum absolute atomic E-state index is 12.4. The van der Waals surface area contributed by atoms with Gasteiger partial charge in [0.2, 0.25) is 11.8 Å². The largest absolute Gasteiger partial charge is 0.355 e. The van der Waals surface area contributed by atoms with Gasteiger partial charge in [0.05, 0.1) is 17.0 Å². The van der Waals surface area contributed by atoms with E-state index in [2.05, 4.69) is 29.1 Å². The molecule has 2 amide bonds. The minimum absolute atomic E-state index is 0.0318. The summed E-state index contributed by atoms with van der Waals surface area (Å²) in [6.07, 6.45) is 2.99. The van der Waals surface area contributed by atoms with Crippen molar-refractivity contribution in [3.05, 3.63) is 30.1 Å². The van der Waals surface area contributed by atoms with Gasteiger partial charge in [0.25, 0.3) is 0 Å². The number of para-hydroxylation sites is 2. The number of rotatable bonds is 7. The van der Waals surface area contributed by atoms with Gasteiger partial charge in [0.15, 0.2) is 0 Å². The highest BCUT2D eigenvalue weighted by Crippen LogP contribution is 2.22. The molecular weight excluding hydrogens is 316 g/mol. The van der Waals surface area contributed by atoms with Crippen LogP contribution in [0, 0.1) is 5.92 Å². The topological polar surface area (TPSA) is 78.1 Å². The van der Waals surface area contributed by atoms with Crippen molar-refractivity contribution in [1.29, 1.82) is 0 Å². The summed E-state index contributed by atoms with van der Waals surface area (Å²) in [6.45, 7) is 5.23. The van der Waals surface area contributed by atoms with Crippen LogP contribution in [0.15, 0.2) is 24.3 Å². The molecule has 2 aromatic rings. The van der Waals surface area contributed by atoms with E-state index in [4.69, 9.17) is 0 Å². The molecular formula is C19H26N4O2. The van der Waals surface area contributed by atoms with E-state index >= 15 is 0 Å². The van der Waals surface area contributed by atoms with Gasteiger partial charge in [0, 0.05) is 32.0 Å². The lowest BCUT2D eigenvalue weighted by Crippen LogP contribution is -2.37. The smallest absolute Gasteiger partial charge is 0.225 e. The van der Waals surface area contributed by atoms with Crippen molar-refractivity contribution in [1.82, 2.24) is 20.2 Å². The quantitative estimate of drug-likeness (QED) is 0.810. The Hall–Kier alpha value is -2.37. The Labute approximate surface area is 148 Å². The Morgan fingerprint density at radius 1 is 1.44 bits per heavy atom. The summed E-state index contributed by atoms with van der Waals surface area (Å²) in [5, 5.41) is 2.95. The first-order valence-corrected chi connectivity index (χ1v) is 9.09. The molecule has 2 heterocycles. The zero-order valence-corrected chi connectivity index (χ0v) is 14.9. The van der Waals surface area contributed by atoms with Crippen molar-refractivity contribution in [2.75, 3.05) is 13.1 Å². The molecule has 1 aromatic heterocycles. The molecule has 3 rings (SSSR count). The average molecular weight is 342 g/mol. The van der Waals surface area contributed by atoms with Crippen LogP contribution in [0.3, 0.4) is 0 Å². The maximum Gasteiger partial charge on any atom is 0.225 e. The molecule has 2 atom stereocenters. The number of aromatic amines is 1. The van der Waals surface area contributed by atoms with Crippen LogP contribution in [0.25, 0.3) is 11.0 Å². The van der Waals surface area contributed by atoms with Crippen LogP contribution in [0.5, 0.6) is 0 Å². The second-order valence-electron chi connectivity index (χ2n) is 6.83. The SMILES string of the molecule is CCC[C@H](C)N1C[C@H](C(=O)NCCc2nc3ccccc3[nH]2)CC1=O. The van der Waals surface area contributed by atoms with E-state index in [-0.39, 0.29) is 23.8 Å². The first-order chi connectivity index (χ1) is 12.1. The third-order valence-electron chi connectivity index (χ3n) is 4.87. The fourth-order valence-corrected chi connectivity index (χ4v) is 3.48. The lowest BCUT2D eigenvalue weighted by Gasteiger charge is -2.24. The molecule has 6 heteroatoms. The first kappa shape index (κ1) is 17.5. The number of hydrogen-bond donors (Lipinski definition) is 2. The fraction of sp³-hybridized carbons (Fsp3) is 0.526. The number of carbonyl (C=O) groups is 2. The van der Waals surface area contributed by atoms with Gasteiger partial charge in [-0.15, -0.1) is 0 Å². The van der Waals surface area contributed by atoms with Gasteiger partial charge in [0.1, 0.15) is 5.82 Å². The molecule has 0 bridgehead atoms. The van der Waals surface area contributed by atoms with Gasteiger partial charge in [-0.1, -0.05) is 25.5 Å². The molecule has 0 unspecified atom stereocenters. The predicted octanol–water partition coefficient (Wildman–Crippen LogP) is 2.26. The summed E-state index contributed by atoms with van der Waals surface area (Å²) in [6, 6.07) is 8.09. The number of fused-ring (bicyclic) bond motifs is 1. The Balaban J connectivity index is 1.48. The number of benzene rings is 1. The lowest BCUT2D eigenvalue weighted by atomic mass is 10.1. The zero-order chi connectivity index (χ0) is 17.8. The number of hydrogen-bond acceptors (Lipinski definition) is 3. The van der Waals surface area contributed by atoms with Gasteiger partial charge in [-0.2, -0.15) is 0 Å². The highest BCUT2D eigenvalue weighted by atomic mass is 16.2. The molecule has 134 valence electrons. The summed E-state index contributed by atoms with van der Waals surface area (Å²) >= 11 is 0. The third kappa shape index (κ3) is 4.00. The van der Waals surface area contributed by atoms with Crippen LogP contribution < -0.4 is 5.32 Å². The Bertz CT molecular complexity index is 722. The van der Waals surface area contributed by atoms with Gasteiger partial charge < -0.3 is 15.2 Å². The molecule has 1 fully saturated rings. The number of aromatic nitrogens is 2. The first-order valence-electron chi connectivity index (χ1n) is 9.09. The number of nitrogens with one attached hydrogen (secondary N) is 2. The van der Waals surface area contributed by atoms with Crippen LogP contribution in [-0.2, 0) is 16.0 Å². The molecule has 1 aliphatic heterocycles. The van der Waals surface area contributed by atoms with E-state index in [1.54, 1.807) is 0 Å². The van der Waals surface area contributed by atoms with Crippen LogP contribution >= 0.6 is 0 Å². The molecule has 0 spiro atoms. The fourth-order valence-electron chi connectivity index (χ4n) is 3.48. The zero-order valence-electron chi connectivity index (χ0n) is 14.9. The number of carbonyl (C=O) groups excluding carboxylic acids is 2. The number of likely N-dealkylation sites (tertiary alicyclic amines) is 1. The van der Waals surface area contributed by atoms with Crippen LogP contribution in [0.1, 0.15) is 38.9 Å². The monoisotopic (exact) mass is 342 g/mol. The second-order valence-corrected chi connectivity index (χ2v) is 6.83. The summed E-state index contributed by atoms with van der Waals surface area (Å²) < 4.78 is 0. The number of amides is 2. The van der Waals surface area contributed by atoms with Crippen molar-refractivity contribution in [2.24, 2.45) is 5.92 Å². The van der Waals surface area contributed by atoms with Crippen LogP contribution in [-0.4, -0.2) is 45.8 Å². The maximum atomic E-state index is 12.4. The molecule has 2 N–H and O–H groups in total. The number of imidazole rings is 1. The molecule has 1 aromatic carbocycles. The summed E-state index contributed by atoms with van der Waals surface area (Å²) in [7, 11) is 0. The molecule has 0 saturated carbocycles. The number of nitrogens with zero attached hydrogens (tertiary/aromatic N) is 2. The van der Waals surface area contributed by atoms with E-state index in [0.717, 1.165) is 29.7 Å². The minimum Gasteiger partial charge on any atom is -0.355 e. The predicted molar refractivity (Wildman–Crippen MR) is 97.0 cm³/mol. The van der Waals surface area contributed by atoms with Crippen LogP contribution in [0.2, 0.25) is 0 Å². The Morgan fingerprint density at radius 2 is 2.24 bits per heavy atom. The standard InChI is InChI=1S/C19H26N4O2/c1-3-6-13(2)23-12-14(11-18(23)24)19(25)20-10-9-17-21-15-7-4-5-8-16(15)22-17/h4-5,7-8,13-14H,3,6,9-12H2,1-2H3,(H,20,25)(H,21,22)/t13-,14+/m0/s1. The third-order valence-corrected chi connectivity index (χ3v) is 4.87. The van der Waals surface area contributed by atoms with Gasteiger partial charge in [-0.3, -0.25) is 9.59 Å². The summed E-state index contributed by atoms with van der Waals surface area (Å²) in [4.78, 5) is 34.1. The van der Waals surface area contributed by atoms with Gasteiger partial charge >= 0.3 is 0 Å². The van der Waals surface area contributed by atoms with Crippen molar-refractivity contribution in [3.8, 4) is 0 Å². The summed E-state index contributed by atoms with van der Waals surface area (Å²) in [5.41, 5.74) is 1.94. The van der Waals surface area contributed by atoms with E-state index in [1.165, 1.54) is 0 Å². The average Bonchev–Trinajstić information content (AvgIpc) is 3.18. The van der Waals surface area contributed by atoms with Crippen molar-refractivity contribution >= 4 is 22.8 Å². The van der Waals surface area contributed by atoms with E-state index in [0.29, 0.717) is 25.9 Å². The minimum atomic E-state index is -0.234.